The van der Waals surface area contributed by atoms with Gasteiger partial charge in [0.05, 0.1) is 31.3 Å². The Kier molecular flexibility index (Phi) is 6.21. The monoisotopic (exact) mass is 279 g/mol. The van der Waals surface area contributed by atoms with Gasteiger partial charge in [-0.3, -0.25) is 9.48 Å². The molecule has 0 aromatic carbocycles. The van der Waals surface area contributed by atoms with Gasteiger partial charge in [-0.1, -0.05) is 19.3 Å². The summed E-state index contributed by atoms with van der Waals surface area (Å²) >= 11 is 0. The van der Waals surface area contributed by atoms with E-state index in [0.717, 1.165) is 5.69 Å². The molecule has 5 nitrogen and oxygen atoms in total. The molecule has 2 rings (SSSR count). The number of nitrogens with one attached hydrogen (secondary N) is 1. The van der Waals surface area contributed by atoms with Crippen molar-refractivity contribution in [2.75, 3.05) is 26.8 Å². The number of ketones is 1. The van der Waals surface area contributed by atoms with Crippen LogP contribution in [0.4, 0.5) is 0 Å². The molecule has 0 spiro atoms. The van der Waals surface area contributed by atoms with Crippen molar-refractivity contribution in [1.82, 2.24) is 15.1 Å². The number of nitrogens with zero attached hydrogens (tertiary/aromatic N) is 2. The molecule has 1 aliphatic carbocycles. The topological polar surface area (TPSA) is 56.1 Å². The fraction of sp³-hybridized carbons (Fsp3) is 0.733. The minimum Gasteiger partial charge on any atom is -0.383 e. The third kappa shape index (κ3) is 4.72. The Balaban J connectivity index is 1.75. The molecule has 1 aromatic rings. The highest BCUT2D eigenvalue weighted by atomic mass is 16.5. The van der Waals surface area contributed by atoms with Gasteiger partial charge in [-0.05, 0) is 18.9 Å². The Morgan fingerprint density at radius 1 is 1.45 bits per heavy atom. The number of carbonyl (C=O) groups excluding carboxylic acids is 1. The first-order valence-corrected chi connectivity index (χ1v) is 7.55. The predicted octanol–water partition coefficient (Wildman–Crippen LogP) is 1.74. The molecule has 0 saturated heterocycles. The maximum Gasteiger partial charge on any atom is 0.152 e. The minimum absolute atomic E-state index is 0.176. The molecule has 0 radical (unpaired) electrons. The fourth-order valence-corrected chi connectivity index (χ4v) is 2.69. The molecule has 0 atom stereocenters. The SMILES string of the molecule is COCCNCC(=O)Cc1ccn(C2CCCCC2)n1. The number of rotatable bonds is 8. The third-order valence-electron chi connectivity index (χ3n) is 3.80. The van der Waals surface area contributed by atoms with Crippen LogP contribution < -0.4 is 5.32 Å². The highest BCUT2D eigenvalue weighted by Crippen LogP contribution is 2.27. The third-order valence-corrected chi connectivity index (χ3v) is 3.80. The second-order valence-corrected chi connectivity index (χ2v) is 5.46. The molecule has 0 amide bonds. The van der Waals surface area contributed by atoms with Crippen LogP contribution in [0.3, 0.4) is 0 Å². The molecule has 5 heteroatoms. The van der Waals surface area contributed by atoms with Crippen LogP contribution in [-0.4, -0.2) is 42.4 Å². The highest BCUT2D eigenvalue weighted by molar-refractivity contribution is 5.82. The summed E-state index contributed by atoms with van der Waals surface area (Å²) in [6, 6.07) is 2.51. The first kappa shape index (κ1) is 15.2. The predicted molar refractivity (Wildman–Crippen MR) is 77.8 cm³/mol. The largest absolute Gasteiger partial charge is 0.383 e. The van der Waals surface area contributed by atoms with Gasteiger partial charge in [0.25, 0.3) is 0 Å². The first-order valence-electron chi connectivity index (χ1n) is 7.55. The van der Waals surface area contributed by atoms with E-state index in [4.69, 9.17) is 4.74 Å². The molecular weight excluding hydrogens is 254 g/mol. The van der Waals surface area contributed by atoms with Crippen LogP contribution in [0.2, 0.25) is 0 Å². The van der Waals surface area contributed by atoms with Crippen LogP contribution in [-0.2, 0) is 16.0 Å². The molecule has 1 N–H and O–H groups in total. The molecule has 0 bridgehead atoms. The molecule has 20 heavy (non-hydrogen) atoms. The maximum atomic E-state index is 11.8. The summed E-state index contributed by atoms with van der Waals surface area (Å²) in [5, 5.41) is 7.63. The van der Waals surface area contributed by atoms with E-state index < -0.39 is 0 Å². The van der Waals surface area contributed by atoms with Crippen molar-refractivity contribution in [3.8, 4) is 0 Å². The summed E-state index contributed by atoms with van der Waals surface area (Å²) in [5.41, 5.74) is 0.883. The molecule has 1 fully saturated rings. The number of Topliss-reactive ketones (excluding diaryl/α,β-unsaturated/α-hetero) is 1. The van der Waals surface area contributed by atoms with E-state index >= 15 is 0 Å². The average Bonchev–Trinajstić information content (AvgIpc) is 2.93. The summed E-state index contributed by atoms with van der Waals surface area (Å²) < 4.78 is 6.98. The minimum atomic E-state index is 0.176. The van der Waals surface area contributed by atoms with Crippen LogP contribution in [0.25, 0.3) is 0 Å². The number of carbonyl (C=O) groups is 1. The van der Waals surface area contributed by atoms with Gasteiger partial charge in [0.2, 0.25) is 0 Å². The molecule has 1 saturated carbocycles. The van der Waals surface area contributed by atoms with E-state index in [2.05, 4.69) is 15.1 Å². The quantitative estimate of drug-likeness (QED) is 0.736. The second kappa shape index (κ2) is 8.17. The Hall–Kier alpha value is -1.20. The van der Waals surface area contributed by atoms with Gasteiger partial charge in [-0.15, -0.1) is 0 Å². The van der Waals surface area contributed by atoms with Crippen LogP contribution in [0, 0.1) is 0 Å². The molecule has 1 aromatic heterocycles. The first-order chi connectivity index (χ1) is 9.79. The molecule has 0 unspecified atom stereocenters. The average molecular weight is 279 g/mol. The zero-order chi connectivity index (χ0) is 14.2. The van der Waals surface area contributed by atoms with Crippen LogP contribution in [0.5, 0.6) is 0 Å². The standard InChI is InChI=1S/C15H25N3O2/c1-20-10-8-16-12-15(19)11-13-7-9-18(17-13)14-5-3-2-4-6-14/h7,9,14,16H,2-6,8,10-12H2,1H3. The van der Waals surface area contributed by atoms with E-state index in [0.29, 0.717) is 32.2 Å². The summed E-state index contributed by atoms with van der Waals surface area (Å²) in [4.78, 5) is 11.8. The lowest BCUT2D eigenvalue weighted by Gasteiger charge is -2.21. The van der Waals surface area contributed by atoms with Crippen LogP contribution in [0.15, 0.2) is 12.3 Å². The van der Waals surface area contributed by atoms with Crippen molar-refractivity contribution in [2.45, 2.75) is 44.6 Å². The van der Waals surface area contributed by atoms with Crippen LogP contribution in [0.1, 0.15) is 43.8 Å². The lowest BCUT2D eigenvalue weighted by atomic mass is 9.96. The van der Waals surface area contributed by atoms with Crippen molar-refractivity contribution in [1.29, 1.82) is 0 Å². The zero-order valence-electron chi connectivity index (χ0n) is 12.3. The Morgan fingerprint density at radius 3 is 3.00 bits per heavy atom. The van der Waals surface area contributed by atoms with Crippen molar-refractivity contribution >= 4 is 5.78 Å². The molecule has 1 heterocycles. The second-order valence-electron chi connectivity index (χ2n) is 5.46. The van der Waals surface area contributed by atoms with Gasteiger partial charge >= 0.3 is 0 Å². The van der Waals surface area contributed by atoms with Gasteiger partial charge in [0.15, 0.2) is 5.78 Å². The summed E-state index contributed by atoms with van der Waals surface area (Å²) in [6.07, 6.45) is 8.80. The van der Waals surface area contributed by atoms with E-state index in [1.54, 1.807) is 7.11 Å². The number of aromatic nitrogens is 2. The Morgan fingerprint density at radius 2 is 2.25 bits per heavy atom. The number of hydrogen-bond donors (Lipinski definition) is 1. The number of methoxy groups -OCH3 is 1. The lowest BCUT2D eigenvalue weighted by molar-refractivity contribution is -0.117. The maximum absolute atomic E-state index is 11.8. The normalized spacial score (nSPS) is 16.4. The van der Waals surface area contributed by atoms with E-state index in [1.807, 2.05) is 12.3 Å². The van der Waals surface area contributed by atoms with E-state index in [9.17, 15) is 4.79 Å². The van der Waals surface area contributed by atoms with E-state index in [-0.39, 0.29) is 5.78 Å². The van der Waals surface area contributed by atoms with Crippen LogP contribution >= 0.6 is 0 Å². The molecule has 1 aliphatic rings. The van der Waals surface area contributed by atoms with Crippen molar-refractivity contribution < 1.29 is 9.53 Å². The van der Waals surface area contributed by atoms with Gasteiger partial charge in [-0.25, -0.2) is 0 Å². The molecule has 112 valence electrons. The summed E-state index contributed by atoms with van der Waals surface area (Å²) in [5.74, 6) is 0.176. The van der Waals surface area contributed by atoms with E-state index in [1.165, 1.54) is 32.1 Å². The van der Waals surface area contributed by atoms with Gasteiger partial charge < -0.3 is 10.1 Å². The van der Waals surface area contributed by atoms with Gasteiger partial charge in [0.1, 0.15) is 0 Å². The number of hydrogen-bond acceptors (Lipinski definition) is 4. The zero-order valence-corrected chi connectivity index (χ0v) is 12.3. The fourth-order valence-electron chi connectivity index (χ4n) is 2.69. The van der Waals surface area contributed by atoms with Crippen molar-refractivity contribution in [3.05, 3.63) is 18.0 Å². The van der Waals surface area contributed by atoms with Gasteiger partial charge in [-0.2, -0.15) is 5.10 Å². The number of ether oxygens (including phenoxy) is 1. The molecule has 0 aliphatic heterocycles. The lowest BCUT2D eigenvalue weighted by Crippen LogP contribution is -2.27. The Labute approximate surface area is 120 Å². The van der Waals surface area contributed by atoms with Crippen molar-refractivity contribution in [2.24, 2.45) is 0 Å². The molecular formula is C15H25N3O2. The smallest absolute Gasteiger partial charge is 0.152 e. The van der Waals surface area contributed by atoms with Crippen molar-refractivity contribution in [3.63, 3.8) is 0 Å². The van der Waals surface area contributed by atoms with Gasteiger partial charge in [0, 0.05) is 19.9 Å². The summed E-state index contributed by atoms with van der Waals surface area (Å²) in [6.45, 7) is 1.72. The highest BCUT2D eigenvalue weighted by Gasteiger charge is 2.16. The Bertz CT molecular complexity index is 411. The summed E-state index contributed by atoms with van der Waals surface area (Å²) in [7, 11) is 1.65.